The van der Waals surface area contributed by atoms with E-state index in [1.54, 1.807) is 12.1 Å². The van der Waals surface area contributed by atoms with Crippen LogP contribution in [0.5, 0.6) is 11.5 Å². The molecule has 2 aromatic rings. The van der Waals surface area contributed by atoms with Crippen LogP contribution in [0.15, 0.2) is 42.5 Å². The highest BCUT2D eigenvalue weighted by atomic mass is 19.4. The lowest BCUT2D eigenvalue weighted by Crippen LogP contribution is -2.16. The minimum Gasteiger partial charge on any atom is -0.508 e. The summed E-state index contributed by atoms with van der Waals surface area (Å²) in [6.07, 6.45) is -4.69. The highest BCUT2D eigenvalue weighted by Crippen LogP contribution is 2.28. The first kappa shape index (κ1) is 13.3. The van der Waals surface area contributed by atoms with Crippen LogP contribution < -0.4 is 4.74 Å². The summed E-state index contributed by atoms with van der Waals surface area (Å²) in [6, 6.07) is 10.5. The van der Waals surface area contributed by atoms with Gasteiger partial charge in [-0.3, -0.25) is 0 Å². The number of ether oxygens (including phenoxy) is 1. The van der Waals surface area contributed by atoms with Gasteiger partial charge in [0.05, 0.1) is 0 Å². The van der Waals surface area contributed by atoms with Crippen molar-refractivity contribution in [3.63, 3.8) is 0 Å². The van der Waals surface area contributed by atoms with Gasteiger partial charge in [-0.05, 0) is 47.9 Å². The second-order valence-corrected chi connectivity index (χ2v) is 4.13. The molecule has 19 heavy (non-hydrogen) atoms. The Bertz CT molecular complexity index is 554. The van der Waals surface area contributed by atoms with Crippen LogP contribution in [-0.2, 0) is 0 Å². The minimum atomic E-state index is -4.69. The van der Waals surface area contributed by atoms with Crippen LogP contribution in [-0.4, -0.2) is 11.5 Å². The van der Waals surface area contributed by atoms with Crippen molar-refractivity contribution in [2.45, 2.75) is 13.3 Å². The monoisotopic (exact) mass is 268 g/mol. The molecule has 0 bridgehead atoms. The number of hydrogen-bond donors (Lipinski definition) is 1. The van der Waals surface area contributed by atoms with Crippen LogP contribution in [0.1, 0.15) is 5.56 Å². The molecule has 0 aliphatic rings. The van der Waals surface area contributed by atoms with Crippen molar-refractivity contribution < 1.29 is 23.0 Å². The largest absolute Gasteiger partial charge is 0.573 e. The van der Waals surface area contributed by atoms with E-state index < -0.39 is 6.36 Å². The van der Waals surface area contributed by atoms with E-state index in [-0.39, 0.29) is 11.5 Å². The summed E-state index contributed by atoms with van der Waals surface area (Å²) in [5, 5.41) is 9.49. The molecule has 0 aromatic heterocycles. The molecule has 0 aliphatic carbocycles. The fourth-order valence-corrected chi connectivity index (χ4v) is 1.78. The molecular weight excluding hydrogens is 257 g/mol. The second-order valence-electron chi connectivity index (χ2n) is 4.13. The molecule has 0 fully saturated rings. The van der Waals surface area contributed by atoms with Crippen LogP contribution in [0.4, 0.5) is 13.2 Å². The van der Waals surface area contributed by atoms with Gasteiger partial charge in [0, 0.05) is 0 Å². The van der Waals surface area contributed by atoms with E-state index in [9.17, 15) is 18.3 Å². The van der Waals surface area contributed by atoms with Gasteiger partial charge in [-0.2, -0.15) is 0 Å². The molecule has 0 unspecified atom stereocenters. The zero-order chi connectivity index (χ0) is 14.0. The van der Waals surface area contributed by atoms with E-state index >= 15 is 0 Å². The number of aryl methyl sites for hydroxylation is 1. The van der Waals surface area contributed by atoms with Crippen LogP contribution in [0.25, 0.3) is 11.1 Å². The van der Waals surface area contributed by atoms with E-state index in [1.165, 1.54) is 24.3 Å². The van der Waals surface area contributed by atoms with Crippen LogP contribution in [0, 0.1) is 6.92 Å². The van der Waals surface area contributed by atoms with Gasteiger partial charge in [0.2, 0.25) is 0 Å². The Hall–Kier alpha value is -2.17. The number of alkyl halides is 3. The third kappa shape index (κ3) is 3.64. The Morgan fingerprint density at radius 1 is 0.947 bits per heavy atom. The number of aromatic hydroxyl groups is 1. The van der Waals surface area contributed by atoms with Crippen molar-refractivity contribution in [3.05, 3.63) is 48.0 Å². The predicted octanol–water partition coefficient (Wildman–Crippen LogP) is 4.27. The number of phenolic OH excluding ortho intramolecular Hbond substituents is 1. The Balaban J connectivity index is 2.27. The summed E-state index contributed by atoms with van der Waals surface area (Å²) < 4.78 is 39.8. The maximum atomic E-state index is 12.0. The molecule has 5 heteroatoms. The summed E-state index contributed by atoms with van der Waals surface area (Å²) in [4.78, 5) is 0. The summed E-state index contributed by atoms with van der Waals surface area (Å²) in [5.41, 5.74) is 2.30. The van der Waals surface area contributed by atoms with E-state index in [0.717, 1.165) is 11.1 Å². The molecule has 2 nitrogen and oxygen atoms in total. The van der Waals surface area contributed by atoms with Crippen molar-refractivity contribution in [1.82, 2.24) is 0 Å². The molecule has 0 saturated carbocycles. The smallest absolute Gasteiger partial charge is 0.508 e. The first-order valence-corrected chi connectivity index (χ1v) is 5.50. The minimum absolute atomic E-state index is 0.116. The molecule has 0 amide bonds. The molecule has 2 aromatic carbocycles. The maximum Gasteiger partial charge on any atom is 0.573 e. The Morgan fingerprint density at radius 3 is 2.11 bits per heavy atom. The first-order chi connectivity index (χ1) is 8.83. The molecular formula is C14H11F3O2. The molecule has 0 radical (unpaired) electrons. The predicted molar refractivity (Wildman–Crippen MR) is 65.0 cm³/mol. The number of phenols is 1. The first-order valence-electron chi connectivity index (χ1n) is 5.50. The zero-order valence-corrected chi connectivity index (χ0v) is 10.0. The van der Waals surface area contributed by atoms with Gasteiger partial charge in [0.25, 0.3) is 0 Å². The molecule has 0 saturated heterocycles. The SMILES string of the molecule is Cc1cc(O)cc(-c2ccc(OC(F)(F)F)cc2)c1. The van der Waals surface area contributed by atoms with Gasteiger partial charge in [-0.25, -0.2) is 0 Å². The lowest BCUT2D eigenvalue weighted by atomic mass is 10.0. The fraction of sp³-hybridized carbons (Fsp3) is 0.143. The summed E-state index contributed by atoms with van der Waals surface area (Å²) in [7, 11) is 0. The van der Waals surface area contributed by atoms with Crippen LogP contribution in [0.3, 0.4) is 0 Å². The van der Waals surface area contributed by atoms with E-state index in [2.05, 4.69) is 4.74 Å². The summed E-state index contributed by atoms with van der Waals surface area (Å²) in [6.45, 7) is 1.82. The molecule has 0 aliphatic heterocycles. The average molecular weight is 268 g/mol. The lowest BCUT2D eigenvalue weighted by molar-refractivity contribution is -0.274. The third-order valence-electron chi connectivity index (χ3n) is 2.48. The van der Waals surface area contributed by atoms with Gasteiger partial charge in [-0.1, -0.05) is 18.2 Å². The van der Waals surface area contributed by atoms with Crippen molar-refractivity contribution >= 4 is 0 Å². The standard InChI is InChI=1S/C14H11F3O2/c1-9-6-11(8-12(18)7-9)10-2-4-13(5-3-10)19-14(15,16)17/h2-8,18H,1H3. The topological polar surface area (TPSA) is 29.5 Å². The van der Waals surface area contributed by atoms with Gasteiger partial charge in [0.15, 0.2) is 0 Å². The quantitative estimate of drug-likeness (QED) is 0.881. The number of rotatable bonds is 2. The highest BCUT2D eigenvalue weighted by molar-refractivity contribution is 5.66. The molecule has 2 rings (SSSR count). The van der Waals surface area contributed by atoms with Crippen LogP contribution >= 0.6 is 0 Å². The van der Waals surface area contributed by atoms with Crippen molar-refractivity contribution in [2.75, 3.05) is 0 Å². The summed E-state index contributed by atoms with van der Waals surface area (Å²) >= 11 is 0. The van der Waals surface area contributed by atoms with Crippen LogP contribution in [0.2, 0.25) is 0 Å². The number of halogens is 3. The average Bonchev–Trinajstić information content (AvgIpc) is 2.26. The van der Waals surface area contributed by atoms with E-state index in [0.29, 0.717) is 5.56 Å². The molecule has 1 N–H and O–H groups in total. The molecule has 0 atom stereocenters. The van der Waals surface area contributed by atoms with E-state index in [4.69, 9.17) is 0 Å². The molecule has 0 spiro atoms. The van der Waals surface area contributed by atoms with Crippen molar-refractivity contribution in [1.29, 1.82) is 0 Å². The van der Waals surface area contributed by atoms with Crippen molar-refractivity contribution in [3.8, 4) is 22.6 Å². The second kappa shape index (κ2) is 4.84. The molecule has 0 heterocycles. The van der Waals surface area contributed by atoms with Gasteiger partial charge in [0.1, 0.15) is 11.5 Å². The fourth-order valence-electron chi connectivity index (χ4n) is 1.78. The summed E-state index contributed by atoms with van der Waals surface area (Å²) in [5.74, 6) is -0.154. The van der Waals surface area contributed by atoms with Crippen molar-refractivity contribution in [2.24, 2.45) is 0 Å². The van der Waals surface area contributed by atoms with Gasteiger partial charge < -0.3 is 9.84 Å². The number of hydrogen-bond acceptors (Lipinski definition) is 2. The highest BCUT2D eigenvalue weighted by Gasteiger charge is 2.30. The zero-order valence-electron chi connectivity index (χ0n) is 10.0. The number of benzene rings is 2. The Labute approximate surface area is 108 Å². The lowest BCUT2D eigenvalue weighted by Gasteiger charge is -2.09. The third-order valence-corrected chi connectivity index (χ3v) is 2.48. The Kier molecular flexibility index (Phi) is 3.38. The normalized spacial score (nSPS) is 11.4. The van der Waals surface area contributed by atoms with Gasteiger partial charge >= 0.3 is 6.36 Å². The molecule has 100 valence electrons. The Morgan fingerprint density at radius 2 is 1.58 bits per heavy atom. The maximum absolute atomic E-state index is 12.0. The van der Waals surface area contributed by atoms with Gasteiger partial charge in [-0.15, -0.1) is 13.2 Å². The van der Waals surface area contributed by atoms with E-state index in [1.807, 2.05) is 13.0 Å².